The molecule has 1 aliphatic rings. The monoisotopic (exact) mass is 423 g/mol. The van der Waals surface area contributed by atoms with Crippen LogP contribution in [0.15, 0.2) is 65.9 Å². The number of ether oxygens (including phenoxy) is 2. The normalized spacial score (nSPS) is 16.3. The minimum absolute atomic E-state index is 0.0191. The van der Waals surface area contributed by atoms with Crippen LogP contribution in [0.25, 0.3) is 0 Å². The summed E-state index contributed by atoms with van der Waals surface area (Å²) in [5.74, 6) is -0.574. The number of carbonyl (C=O) groups excluding carboxylic acids is 2. The van der Waals surface area contributed by atoms with Crippen molar-refractivity contribution in [2.45, 2.75) is 38.8 Å². The molecular weight excluding hydrogens is 394 g/mol. The Morgan fingerprint density at radius 3 is 2.39 bits per heavy atom. The summed E-state index contributed by atoms with van der Waals surface area (Å²) in [4.78, 5) is 27.5. The van der Waals surface area contributed by atoms with Crippen LogP contribution in [0.1, 0.15) is 37.4 Å². The van der Waals surface area contributed by atoms with Crippen molar-refractivity contribution >= 4 is 11.7 Å². The number of carbonyl (C=O) groups is 2. The number of nitrogens with zero attached hydrogens (tertiary/aromatic N) is 1. The molecule has 1 unspecified atom stereocenters. The first-order chi connectivity index (χ1) is 14.9. The molecule has 0 aliphatic carbocycles. The van der Waals surface area contributed by atoms with Crippen molar-refractivity contribution < 1.29 is 24.2 Å². The molecule has 0 aromatic heterocycles. The van der Waals surface area contributed by atoms with Gasteiger partial charge in [-0.25, -0.2) is 0 Å². The number of benzene rings is 2. The highest BCUT2D eigenvalue weighted by Crippen LogP contribution is 2.38. The molecule has 2 aromatic rings. The van der Waals surface area contributed by atoms with Gasteiger partial charge in [0.05, 0.1) is 31.4 Å². The molecule has 0 saturated carbocycles. The number of hydrogen-bond acceptors (Lipinski definition) is 5. The number of Topliss-reactive ketones (excluding diaryl/α,β-unsaturated/α-hetero) is 1. The Kier molecular flexibility index (Phi) is 7.47. The zero-order chi connectivity index (χ0) is 22.4. The lowest BCUT2D eigenvalue weighted by atomic mass is 9.93. The molecule has 3 rings (SSSR count). The van der Waals surface area contributed by atoms with Gasteiger partial charge in [-0.2, -0.15) is 0 Å². The predicted octanol–water partition coefficient (Wildman–Crippen LogP) is 4.02. The maximum absolute atomic E-state index is 13.2. The largest absolute Gasteiger partial charge is 0.503 e. The SMILES string of the molecule is COc1ccc(C2C(C(=O)CCc3ccccc3)=C(O)C(=O)N2CCOC(C)C)cc1. The zero-order valence-corrected chi connectivity index (χ0v) is 18.2. The Labute approximate surface area is 183 Å². The standard InChI is InChI=1S/C25H29NO5/c1-17(2)31-16-15-26-23(19-10-12-20(30-3)13-11-19)22(24(28)25(26)29)21(27)14-9-18-7-5-4-6-8-18/h4-8,10-13,17,23,28H,9,14-16H2,1-3H3. The highest BCUT2D eigenvalue weighted by molar-refractivity contribution is 6.09. The lowest BCUT2D eigenvalue weighted by Crippen LogP contribution is -2.34. The fraction of sp³-hybridized carbons (Fsp3) is 0.360. The van der Waals surface area contributed by atoms with Crippen LogP contribution >= 0.6 is 0 Å². The smallest absolute Gasteiger partial charge is 0.290 e. The average molecular weight is 424 g/mol. The van der Waals surface area contributed by atoms with Crippen molar-refractivity contribution in [2.24, 2.45) is 0 Å². The van der Waals surface area contributed by atoms with E-state index in [1.54, 1.807) is 19.2 Å². The fourth-order valence-corrected chi connectivity index (χ4v) is 3.73. The second kappa shape index (κ2) is 10.3. The van der Waals surface area contributed by atoms with Crippen molar-refractivity contribution in [2.75, 3.05) is 20.3 Å². The molecule has 6 heteroatoms. The number of amides is 1. The number of aryl methyl sites for hydroxylation is 1. The molecule has 6 nitrogen and oxygen atoms in total. The molecule has 164 valence electrons. The van der Waals surface area contributed by atoms with Gasteiger partial charge in [0.1, 0.15) is 5.75 Å². The number of ketones is 1. The van der Waals surface area contributed by atoms with Crippen LogP contribution in [0.2, 0.25) is 0 Å². The van der Waals surface area contributed by atoms with Gasteiger partial charge in [-0.15, -0.1) is 0 Å². The first kappa shape index (κ1) is 22.6. The zero-order valence-electron chi connectivity index (χ0n) is 18.2. The third-order valence-electron chi connectivity index (χ3n) is 5.30. The summed E-state index contributed by atoms with van der Waals surface area (Å²) in [5, 5.41) is 10.6. The minimum Gasteiger partial charge on any atom is -0.503 e. The van der Waals surface area contributed by atoms with E-state index in [2.05, 4.69) is 0 Å². The summed E-state index contributed by atoms with van der Waals surface area (Å²) in [7, 11) is 1.58. The molecule has 31 heavy (non-hydrogen) atoms. The van der Waals surface area contributed by atoms with Gasteiger partial charge in [0.15, 0.2) is 11.5 Å². The van der Waals surface area contributed by atoms with Crippen molar-refractivity contribution in [3.8, 4) is 5.75 Å². The molecule has 0 saturated heterocycles. The molecule has 0 radical (unpaired) electrons. The molecule has 2 aromatic carbocycles. The van der Waals surface area contributed by atoms with E-state index in [0.717, 1.165) is 11.1 Å². The van der Waals surface area contributed by atoms with Crippen LogP contribution in [-0.4, -0.2) is 48.1 Å². The van der Waals surface area contributed by atoms with Gasteiger partial charge in [0.25, 0.3) is 5.91 Å². The topological polar surface area (TPSA) is 76.1 Å². The second-order valence-corrected chi connectivity index (χ2v) is 7.76. The van der Waals surface area contributed by atoms with E-state index in [1.807, 2.05) is 56.3 Å². The van der Waals surface area contributed by atoms with E-state index in [0.29, 0.717) is 18.8 Å². The van der Waals surface area contributed by atoms with Crippen LogP contribution in [0.5, 0.6) is 5.75 Å². The van der Waals surface area contributed by atoms with Crippen LogP contribution in [0, 0.1) is 0 Å². The fourth-order valence-electron chi connectivity index (χ4n) is 3.73. The Morgan fingerprint density at radius 1 is 1.10 bits per heavy atom. The number of rotatable bonds is 10. The van der Waals surface area contributed by atoms with Crippen molar-refractivity contribution in [1.82, 2.24) is 4.90 Å². The van der Waals surface area contributed by atoms with Gasteiger partial charge in [0.2, 0.25) is 0 Å². The summed E-state index contributed by atoms with van der Waals surface area (Å²) >= 11 is 0. The van der Waals surface area contributed by atoms with Crippen LogP contribution in [-0.2, 0) is 20.7 Å². The lowest BCUT2D eigenvalue weighted by molar-refractivity contribution is -0.130. The average Bonchev–Trinajstić information content (AvgIpc) is 3.03. The van der Waals surface area contributed by atoms with Crippen LogP contribution < -0.4 is 4.74 Å². The Bertz CT molecular complexity index is 934. The highest BCUT2D eigenvalue weighted by atomic mass is 16.5. The van der Waals surface area contributed by atoms with E-state index in [-0.39, 0.29) is 30.4 Å². The van der Waals surface area contributed by atoms with Gasteiger partial charge in [0, 0.05) is 13.0 Å². The van der Waals surface area contributed by atoms with E-state index < -0.39 is 17.7 Å². The molecule has 1 aliphatic heterocycles. The van der Waals surface area contributed by atoms with E-state index in [9.17, 15) is 14.7 Å². The van der Waals surface area contributed by atoms with E-state index in [1.165, 1.54) is 4.90 Å². The van der Waals surface area contributed by atoms with E-state index in [4.69, 9.17) is 9.47 Å². The molecule has 1 atom stereocenters. The summed E-state index contributed by atoms with van der Waals surface area (Å²) in [5.41, 5.74) is 1.92. The first-order valence-electron chi connectivity index (χ1n) is 10.5. The first-order valence-corrected chi connectivity index (χ1v) is 10.5. The molecule has 1 amide bonds. The quantitative estimate of drug-likeness (QED) is 0.625. The minimum atomic E-state index is -0.655. The molecule has 1 N–H and O–H groups in total. The second-order valence-electron chi connectivity index (χ2n) is 7.76. The van der Waals surface area contributed by atoms with Crippen molar-refractivity contribution in [3.05, 3.63) is 77.1 Å². The predicted molar refractivity (Wildman–Crippen MR) is 118 cm³/mol. The molecular formula is C25H29NO5. The van der Waals surface area contributed by atoms with Crippen LogP contribution in [0.3, 0.4) is 0 Å². The number of aliphatic hydroxyl groups is 1. The van der Waals surface area contributed by atoms with Gasteiger partial charge in [-0.1, -0.05) is 42.5 Å². The van der Waals surface area contributed by atoms with E-state index >= 15 is 0 Å². The summed E-state index contributed by atoms with van der Waals surface area (Å²) in [6.45, 7) is 4.42. The maximum atomic E-state index is 13.2. The van der Waals surface area contributed by atoms with Gasteiger partial charge >= 0.3 is 0 Å². The number of hydrogen-bond donors (Lipinski definition) is 1. The van der Waals surface area contributed by atoms with Gasteiger partial charge in [-0.05, 0) is 43.5 Å². The van der Waals surface area contributed by atoms with Gasteiger partial charge in [-0.3, -0.25) is 9.59 Å². The van der Waals surface area contributed by atoms with Crippen molar-refractivity contribution in [3.63, 3.8) is 0 Å². The Balaban J connectivity index is 1.87. The summed E-state index contributed by atoms with van der Waals surface area (Å²) in [6, 6.07) is 16.2. The highest BCUT2D eigenvalue weighted by Gasteiger charge is 2.43. The molecule has 0 spiro atoms. The van der Waals surface area contributed by atoms with Crippen LogP contribution in [0.4, 0.5) is 0 Å². The Morgan fingerprint density at radius 2 is 1.77 bits per heavy atom. The van der Waals surface area contributed by atoms with Gasteiger partial charge < -0.3 is 19.5 Å². The maximum Gasteiger partial charge on any atom is 0.290 e. The molecule has 0 fully saturated rings. The van der Waals surface area contributed by atoms with Crippen molar-refractivity contribution in [1.29, 1.82) is 0 Å². The Hall–Kier alpha value is -3.12. The number of methoxy groups -OCH3 is 1. The summed E-state index contributed by atoms with van der Waals surface area (Å²) < 4.78 is 10.8. The molecule has 0 bridgehead atoms. The summed E-state index contributed by atoms with van der Waals surface area (Å²) in [6.07, 6.45) is 0.765. The third kappa shape index (κ3) is 5.33. The lowest BCUT2D eigenvalue weighted by Gasteiger charge is -2.27. The third-order valence-corrected chi connectivity index (χ3v) is 5.30. The number of aliphatic hydroxyl groups excluding tert-OH is 1. The molecule has 1 heterocycles.